The lowest BCUT2D eigenvalue weighted by Gasteiger charge is -2.15. The molecule has 0 radical (unpaired) electrons. The third-order valence-corrected chi connectivity index (χ3v) is 5.89. The molecule has 0 saturated carbocycles. The van der Waals surface area contributed by atoms with Gasteiger partial charge in [0.1, 0.15) is 6.61 Å². The zero-order valence-corrected chi connectivity index (χ0v) is 21.9. The molecule has 1 N–H and O–H groups in total. The Balaban J connectivity index is 1.39. The van der Waals surface area contributed by atoms with Crippen molar-refractivity contribution in [1.29, 1.82) is 0 Å². The van der Waals surface area contributed by atoms with Crippen LogP contribution < -0.4 is 14.8 Å². The summed E-state index contributed by atoms with van der Waals surface area (Å²) in [7, 11) is 5.57. The Morgan fingerprint density at radius 3 is 2.38 bits per heavy atom. The Bertz CT molecular complexity index is 1360. The van der Waals surface area contributed by atoms with Gasteiger partial charge < -0.3 is 24.2 Å². The van der Waals surface area contributed by atoms with E-state index in [1.807, 2.05) is 55.4 Å². The van der Waals surface area contributed by atoms with E-state index < -0.39 is 0 Å². The normalized spacial score (nSPS) is 11.0. The van der Waals surface area contributed by atoms with Gasteiger partial charge in [-0.3, -0.25) is 4.79 Å². The number of aromatic nitrogens is 2. The molecule has 37 heavy (non-hydrogen) atoms. The quantitative estimate of drug-likeness (QED) is 0.322. The average Bonchev–Trinajstić information content (AvgIpc) is 3.31. The van der Waals surface area contributed by atoms with Crippen LogP contribution in [0.25, 0.3) is 22.5 Å². The summed E-state index contributed by atoms with van der Waals surface area (Å²) >= 11 is 0. The van der Waals surface area contributed by atoms with E-state index in [1.54, 1.807) is 32.2 Å². The number of hydrogen-bond acceptors (Lipinski definition) is 7. The van der Waals surface area contributed by atoms with E-state index in [1.165, 1.54) is 0 Å². The van der Waals surface area contributed by atoms with Gasteiger partial charge in [0, 0.05) is 30.8 Å². The zero-order chi connectivity index (χ0) is 26.4. The van der Waals surface area contributed by atoms with Crippen LogP contribution in [0.5, 0.6) is 11.5 Å². The number of hydrogen-bond donors (Lipinski definition) is 1. The summed E-state index contributed by atoms with van der Waals surface area (Å²) < 4.78 is 16.3. The maximum atomic E-state index is 12.7. The zero-order valence-electron chi connectivity index (χ0n) is 21.9. The first kappa shape index (κ1) is 25.9. The monoisotopic (exact) mass is 500 g/mol. The molecule has 0 aliphatic carbocycles. The van der Waals surface area contributed by atoms with Crippen molar-refractivity contribution in [2.45, 2.75) is 20.3 Å². The minimum absolute atomic E-state index is 0.104. The molecule has 0 unspecified atom stereocenters. The first-order valence-electron chi connectivity index (χ1n) is 12.1. The largest absolute Gasteiger partial charge is 0.493 e. The van der Waals surface area contributed by atoms with Crippen LogP contribution in [-0.4, -0.2) is 55.3 Å². The molecule has 8 nitrogen and oxygen atoms in total. The molecular formula is C29H32N4O4. The van der Waals surface area contributed by atoms with Crippen LogP contribution >= 0.6 is 0 Å². The number of methoxy groups -OCH3 is 1. The average molecular weight is 501 g/mol. The lowest BCUT2D eigenvalue weighted by atomic mass is 9.97. The molecule has 8 heteroatoms. The van der Waals surface area contributed by atoms with Crippen molar-refractivity contribution in [3.8, 4) is 34.0 Å². The first-order chi connectivity index (χ1) is 17.8. The maximum Gasteiger partial charge on any atom is 0.228 e. The topological polar surface area (TPSA) is 89.7 Å². The van der Waals surface area contributed by atoms with Crippen LogP contribution in [0.4, 0.5) is 5.69 Å². The summed E-state index contributed by atoms with van der Waals surface area (Å²) in [6, 6.07) is 19.5. The van der Waals surface area contributed by atoms with Crippen LogP contribution in [0.3, 0.4) is 0 Å². The molecule has 0 fully saturated rings. The molecule has 0 aliphatic rings. The molecule has 4 aromatic rings. The molecule has 1 amide bonds. The molecule has 192 valence electrons. The fourth-order valence-electron chi connectivity index (χ4n) is 3.94. The van der Waals surface area contributed by atoms with E-state index in [-0.39, 0.29) is 12.3 Å². The standard InChI is InChI=1S/C29H32N4O4/c1-19-16-23(29-30-20(2)37-32-29)10-12-25(19)22-8-6-21(7-9-22)17-28(34)31-24-11-13-26(35-5)27(18-24)36-15-14-33(3)4/h6-13,16,18H,14-15,17H2,1-5H3,(H,31,34). The fraction of sp³-hybridized carbons (Fsp3) is 0.276. The summed E-state index contributed by atoms with van der Waals surface area (Å²) in [5.41, 5.74) is 5.79. The third-order valence-electron chi connectivity index (χ3n) is 5.89. The van der Waals surface area contributed by atoms with Gasteiger partial charge in [0.05, 0.1) is 13.5 Å². The Kier molecular flexibility index (Phi) is 8.20. The first-order valence-corrected chi connectivity index (χ1v) is 12.1. The number of amides is 1. The van der Waals surface area contributed by atoms with Crippen LogP contribution in [0.15, 0.2) is 65.2 Å². The van der Waals surface area contributed by atoms with E-state index in [0.29, 0.717) is 35.5 Å². The van der Waals surface area contributed by atoms with Crippen molar-refractivity contribution < 1.29 is 18.8 Å². The molecule has 1 heterocycles. The van der Waals surface area contributed by atoms with Crippen molar-refractivity contribution in [2.24, 2.45) is 0 Å². The maximum absolute atomic E-state index is 12.7. The Morgan fingerprint density at radius 2 is 1.73 bits per heavy atom. The van der Waals surface area contributed by atoms with Crippen molar-refractivity contribution in [1.82, 2.24) is 15.0 Å². The molecule has 0 bridgehead atoms. The fourth-order valence-corrected chi connectivity index (χ4v) is 3.94. The molecule has 1 aromatic heterocycles. The van der Waals surface area contributed by atoms with Gasteiger partial charge in [-0.1, -0.05) is 41.6 Å². The van der Waals surface area contributed by atoms with Gasteiger partial charge in [-0.2, -0.15) is 4.98 Å². The third kappa shape index (κ3) is 6.74. The molecular weight excluding hydrogens is 468 g/mol. The Morgan fingerprint density at radius 1 is 0.973 bits per heavy atom. The second-order valence-electron chi connectivity index (χ2n) is 9.11. The van der Waals surface area contributed by atoms with Gasteiger partial charge in [0.2, 0.25) is 17.6 Å². The van der Waals surface area contributed by atoms with Gasteiger partial charge >= 0.3 is 0 Å². The van der Waals surface area contributed by atoms with Crippen molar-refractivity contribution in [3.05, 3.63) is 77.7 Å². The molecule has 0 spiro atoms. The number of likely N-dealkylation sites (N-methyl/N-ethyl adjacent to an activating group) is 1. The number of carbonyl (C=O) groups is 1. The van der Waals surface area contributed by atoms with Gasteiger partial charge in [-0.05, 0) is 61.5 Å². The second kappa shape index (κ2) is 11.7. The van der Waals surface area contributed by atoms with Crippen LogP contribution in [0.2, 0.25) is 0 Å². The number of rotatable bonds is 10. The highest BCUT2D eigenvalue weighted by Crippen LogP contribution is 2.31. The molecule has 3 aromatic carbocycles. The number of nitrogens with one attached hydrogen (secondary N) is 1. The summed E-state index contributed by atoms with van der Waals surface area (Å²) in [5, 5.41) is 6.95. The van der Waals surface area contributed by atoms with Gasteiger partial charge in [-0.15, -0.1) is 0 Å². The lowest BCUT2D eigenvalue weighted by Crippen LogP contribution is -2.19. The molecule has 0 saturated heterocycles. The van der Waals surface area contributed by atoms with Crippen molar-refractivity contribution in [2.75, 3.05) is 39.7 Å². The molecule has 4 rings (SSSR count). The number of benzene rings is 3. The van der Waals surface area contributed by atoms with E-state index in [0.717, 1.165) is 34.4 Å². The second-order valence-corrected chi connectivity index (χ2v) is 9.11. The SMILES string of the molecule is COc1ccc(NC(=O)Cc2ccc(-c3ccc(-c4noc(C)n4)cc3C)cc2)cc1OCCN(C)C. The predicted molar refractivity (Wildman–Crippen MR) is 144 cm³/mol. The van der Waals surface area contributed by atoms with E-state index in [4.69, 9.17) is 14.0 Å². The highest BCUT2D eigenvalue weighted by molar-refractivity contribution is 5.92. The Hall–Kier alpha value is -4.17. The number of ether oxygens (including phenoxy) is 2. The Labute approximate surface area is 217 Å². The van der Waals surface area contributed by atoms with E-state index in [9.17, 15) is 4.79 Å². The number of aryl methyl sites for hydroxylation is 2. The van der Waals surface area contributed by atoms with Gasteiger partial charge in [0.25, 0.3) is 0 Å². The molecule has 0 atom stereocenters. The highest BCUT2D eigenvalue weighted by atomic mass is 16.5. The number of nitrogens with zero attached hydrogens (tertiary/aromatic N) is 3. The van der Waals surface area contributed by atoms with E-state index >= 15 is 0 Å². The smallest absolute Gasteiger partial charge is 0.228 e. The van der Waals surface area contributed by atoms with Crippen molar-refractivity contribution >= 4 is 11.6 Å². The molecule has 0 aliphatic heterocycles. The van der Waals surface area contributed by atoms with Crippen molar-refractivity contribution in [3.63, 3.8) is 0 Å². The minimum Gasteiger partial charge on any atom is -0.493 e. The van der Waals surface area contributed by atoms with E-state index in [2.05, 4.69) is 28.4 Å². The minimum atomic E-state index is -0.104. The summed E-state index contributed by atoms with van der Waals surface area (Å²) in [6.45, 7) is 5.13. The lowest BCUT2D eigenvalue weighted by molar-refractivity contribution is -0.115. The van der Waals surface area contributed by atoms with Gasteiger partial charge in [-0.25, -0.2) is 0 Å². The number of anilines is 1. The highest BCUT2D eigenvalue weighted by Gasteiger charge is 2.11. The number of carbonyl (C=O) groups excluding carboxylic acids is 1. The summed E-state index contributed by atoms with van der Waals surface area (Å²) in [6.07, 6.45) is 0.262. The summed E-state index contributed by atoms with van der Waals surface area (Å²) in [5.74, 6) is 2.24. The van der Waals surface area contributed by atoms with Crippen LogP contribution in [-0.2, 0) is 11.2 Å². The van der Waals surface area contributed by atoms with Crippen LogP contribution in [0.1, 0.15) is 17.0 Å². The summed E-state index contributed by atoms with van der Waals surface area (Å²) in [4.78, 5) is 19.1. The van der Waals surface area contributed by atoms with Crippen LogP contribution in [0, 0.1) is 13.8 Å². The van der Waals surface area contributed by atoms with Gasteiger partial charge in [0.15, 0.2) is 11.5 Å². The predicted octanol–water partition coefficient (Wildman–Crippen LogP) is 5.15.